The molecule has 2 heterocycles. The van der Waals surface area contributed by atoms with Gasteiger partial charge in [0.1, 0.15) is 0 Å². The largest absolute Gasteiger partial charge is 0.376 e. The topological polar surface area (TPSA) is 72.0 Å². The number of anilines is 3. The average molecular weight is 327 g/mol. The van der Waals surface area contributed by atoms with Crippen molar-refractivity contribution in [2.45, 2.75) is 45.6 Å². The first-order chi connectivity index (χ1) is 11.8. The molecule has 1 aromatic heterocycles. The van der Waals surface area contributed by atoms with Gasteiger partial charge in [0.15, 0.2) is 5.82 Å². The van der Waals surface area contributed by atoms with Gasteiger partial charge in [-0.3, -0.25) is 0 Å². The van der Waals surface area contributed by atoms with E-state index in [4.69, 9.17) is 4.74 Å². The van der Waals surface area contributed by atoms with Crippen molar-refractivity contribution in [3.8, 4) is 0 Å². The smallest absolute Gasteiger partial charge is 0.249 e. The molecule has 1 aliphatic rings. The maximum absolute atomic E-state index is 5.62. The highest BCUT2D eigenvalue weighted by Crippen LogP contribution is 2.25. The third-order valence-corrected chi connectivity index (χ3v) is 4.33. The van der Waals surface area contributed by atoms with Crippen LogP contribution in [0, 0.1) is 0 Å². The molecule has 1 aromatic carbocycles. The monoisotopic (exact) mass is 327 g/mol. The third-order valence-electron chi connectivity index (χ3n) is 4.33. The average Bonchev–Trinajstić information content (AvgIpc) is 3.14. The summed E-state index contributed by atoms with van der Waals surface area (Å²) < 4.78 is 5.62. The van der Waals surface area contributed by atoms with Gasteiger partial charge in [-0.2, -0.15) is 10.1 Å². The number of para-hydroxylation sites is 1. The summed E-state index contributed by atoms with van der Waals surface area (Å²) in [5, 5.41) is 14.8. The summed E-state index contributed by atoms with van der Waals surface area (Å²) in [5.74, 6) is 1.23. The summed E-state index contributed by atoms with van der Waals surface area (Å²) in [4.78, 5) is 4.53. The Balaban J connectivity index is 1.72. The lowest BCUT2D eigenvalue weighted by atomic mass is 10.0. The predicted octanol–water partition coefficient (Wildman–Crippen LogP) is 3.33. The molecule has 0 radical (unpaired) electrons. The van der Waals surface area contributed by atoms with Gasteiger partial charge in [0.25, 0.3) is 0 Å². The van der Waals surface area contributed by atoms with Crippen molar-refractivity contribution < 1.29 is 4.74 Å². The Hall–Kier alpha value is -2.21. The standard InChI is InChI=1S/C18H25N5O/c1-3-13-7-5-8-14(4-2)17(13)22-18-21-16(12-20-23-18)19-11-15-9-6-10-24-15/h5,7-8,12,15H,3-4,6,9-11H2,1-2H3,(H2,19,21,22,23). The fraction of sp³-hybridized carbons (Fsp3) is 0.500. The number of hydrogen-bond acceptors (Lipinski definition) is 6. The van der Waals surface area contributed by atoms with Crippen LogP contribution in [0.4, 0.5) is 17.5 Å². The highest BCUT2D eigenvalue weighted by atomic mass is 16.5. The molecule has 1 atom stereocenters. The van der Waals surface area contributed by atoms with Gasteiger partial charge in [-0.25, -0.2) is 0 Å². The Morgan fingerprint density at radius 1 is 1.21 bits per heavy atom. The van der Waals surface area contributed by atoms with Crippen molar-refractivity contribution in [2.24, 2.45) is 0 Å². The second-order valence-corrected chi connectivity index (χ2v) is 5.96. The van der Waals surface area contributed by atoms with Crippen LogP contribution in [0.3, 0.4) is 0 Å². The van der Waals surface area contributed by atoms with Gasteiger partial charge in [0.05, 0.1) is 12.3 Å². The summed E-state index contributed by atoms with van der Waals surface area (Å²) in [5.41, 5.74) is 3.62. The molecule has 0 amide bonds. The molecule has 3 rings (SSSR count). The summed E-state index contributed by atoms with van der Waals surface area (Å²) >= 11 is 0. The van der Waals surface area contributed by atoms with Gasteiger partial charge >= 0.3 is 0 Å². The molecule has 128 valence electrons. The molecule has 2 aromatic rings. The Morgan fingerprint density at radius 2 is 2.00 bits per heavy atom. The van der Waals surface area contributed by atoms with Crippen LogP contribution in [0.25, 0.3) is 0 Å². The molecule has 6 nitrogen and oxygen atoms in total. The summed E-state index contributed by atoms with van der Waals surface area (Å²) in [7, 11) is 0. The normalized spacial score (nSPS) is 17.0. The maximum atomic E-state index is 5.62. The van der Waals surface area contributed by atoms with E-state index < -0.39 is 0 Å². The molecule has 0 bridgehead atoms. The predicted molar refractivity (Wildman–Crippen MR) is 95.8 cm³/mol. The third kappa shape index (κ3) is 4.00. The van der Waals surface area contributed by atoms with Gasteiger partial charge < -0.3 is 15.4 Å². The van der Waals surface area contributed by atoms with Crippen LogP contribution in [-0.4, -0.2) is 34.4 Å². The zero-order valence-electron chi connectivity index (χ0n) is 14.4. The van der Waals surface area contributed by atoms with E-state index in [2.05, 4.69) is 57.9 Å². The van der Waals surface area contributed by atoms with Crippen molar-refractivity contribution in [3.63, 3.8) is 0 Å². The number of nitrogens with one attached hydrogen (secondary N) is 2. The van der Waals surface area contributed by atoms with Crippen LogP contribution in [0.2, 0.25) is 0 Å². The fourth-order valence-electron chi connectivity index (χ4n) is 2.98. The van der Waals surface area contributed by atoms with Crippen LogP contribution in [0.5, 0.6) is 0 Å². The Morgan fingerprint density at radius 3 is 2.67 bits per heavy atom. The highest BCUT2D eigenvalue weighted by molar-refractivity contribution is 5.64. The first-order valence-corrected chi connectivity index (χ1v) is 8.73. The number of aryl methyl sites for hydroxylation is 2. The van der Waals surface area contributed by atoms with Gasteiger partial charge in [-0.05, 0) is 36.8 Å². The van der Waals surface area contributed by atoms with Gasteiger partial charge in [-0.1, -0.05) is 32.0 Å². The minimum Gasteiger partial charge on any atom is -0.376 e. The van der Waals surface area contributed by atoms with E-state index in [9.17, 15) is 0 Å². The summed E-state index contributed by atoms with van der Waals surface area (Å²) in [6, 6.07) is 6.37. The quantitative estimate of drug-likeness (QED) is 0.813. The Kier molecular flexibility index (Phi) is 5.59. The van der Waals surface area contributed by atoms with E-state index >= 15 is 0 Å². The van der Waals surface area contributed by atoms with E-state index in [1.165, 1.54) is 11.1 Å². The van der Waals surface area contributed by atoms with Crippen LogP contribution in [-0.2, 0) is 17.6 Å². The van der Waals surface area contributed by atoms with Gasteiger partial charge in [0.2, 0.25) is 5.95 Å². The van der Waals surface area contributed by atoms with Crippen molar-refractivity contribution >= 4 is 17.5 Å². The minimum atomic E-state index is 0.267. The zero-order chi connectivity index (χ0) is 16.8. The van der Waals surface area contributed by atoms with E-state index in [0.29, 0.717) is 5.95 Å². The van der Waals surface area contributed by atoms with Gasteiger partial charge in [-0.15, -0.1) is 5.10 Å². The first kappa shape index (κ1) is 16.6. The second-order valence-electron chi connectivity index (χ2n) is 5.96. The molecule has 1 fully saturated rings. The van der Waals surface area contributed by atoms with Crippen LogP contribution >= 0.6 is 0 Å². The molecule has 6 heteroatoms. The second kappa shape index (κ2) is 8.06. The molecule has 2 N–H and O–H groups in total. The molecular formula is C18H25N5O. The molecule has 0 spiro atoms. The molecule has 1 saturated heterocycles. The number of aromatic nitrogens is 3. The van der Waals surface area contributed by atoms with Crippen LogP contribution in [0.1, 0.15) is 37.8 Å². The van der Waals surface area contributed by atoms with E-state index in [1.54, 1.807) is 6.20 Å². The van der Waals surface area contributed by atoms with Gasteiger partial charge in [0, 0.05) is 18.8 Å². The van der Waals surface area contributed by atoms with Crippen molar-refractivity contribution in [1.29, 1.82) is 0 Å². The van der Waals surface area contributed by atoms with Crippen LogP contribution < -0.4 is 10.6 Å². The fourth-order valence-corrected chi connectivity index (χ4v) is 2.98. The first-order valence-electron chi connectivity index (χ1n) is 8.73. The number of ether oxygens (including phenoxy) is 1. The Bertz CT molecular complexity index is 648. The Labute approximate surface area is 143 Å². The van der Waals surface area contributed by atoms with E-state index in [1.807, 2.05) is 0 Å². The van der Waals surface area contributed by atoms with Crippen LogP contribution in [0.15, 0.2) is 24.4 Å². The summed E-state index contributed by atoms with van der Waals surface area (Å²) in [6.45, 7) is 5.91. The lowest BCUT2D eigenvalue weighted by Crippen LogP contribution is -2.19. The van der Waals surface area contributed by atoms with Crippen molar-refractivity contribution in [3.05, 3.63) is 35.5 Å². The number of hydrogen-bond donors (Lipinski definition) is 2. The molecule has 0 saturated carbocycles. The number of rotatable bonds is 7. The minimum absolute atomic E-state index is 0.267. The zero-order valence-corrected chi connectivity index (χ0v) is 14.4. The molecule has 1 aliphatic heterocycles. The number of nitrogens with zero attached hydrogens (tertiary/aromatic N) is 3. The lowest BCUT2D eigenvalue weighted by molar-refractivity contribution is 0.120. The van der Waals surface area contributed by atoms with E-state index in [0.717, 1.165) is 50.3 Å². The lowest BCUT2D eigenvalue weighted by Gasteiger charge is -2.15. The molecule has 24 heavy (non-hydrogen) atoms. The molecule has 1 unspecified atom stereocenters. The van der Waals surface area contributed by atoms with Crippen molar-refractivity contribution in [1.82, 2.24) is 15.2 Å². The van der Waals surface area contributed by atoms with Crippen molar-refractivity contribution in [2.75, 3.05) is 23.8 Å². The van der Waals surface area contributed by atoms with E-state index in [-0.39, 0.29) is 6.10 Å². The number of benzene rings is 1. The SMILES string of the molecule is CCc1cccc(CC)c1Nc1nncc(NCC2CCCO2)n1. The molecule has 0 aliphatic carbocycles. The summed E-state index contributed by atoms with van der Waals surface area (Å²) in [6.07, 6.45) is 6.06. The molecular weight excluding hydrogens is 302 g/mol. The maximum Gasteiger partial charge on any atom is 0.249 e. The highest BCUT2D eigenvalue weighted by Gasteiger charge is 2.15.